The summed E-state index contributed by atoms with van der Waals surface area (Å²) in [7, 11) is 0. The number of nitrogens with zero attached hydrogens (tertiary/aromatic N) is 1. The van der Waals surface area contributed by atoms with Crippen molar-refractivity contribution in [1.29, 1.82) is 0 Å². The average Bonchev–Trinajstić information content (AvgIpc) is 2.90. The van der Waals surface area contributed by atoms with Gasteiger partial charge in [-0.3, -0.25) is 0 Å². The zero-order valence-electron chi connectivity index (χ0n) is 9.79. The monoisotopic (exact) mass is 222 g/mol. The Bertz CT molecular complexity index is 418. The first kappa shape index (κ1) is 10.5. The first-order valence-electron chi connectivity index (χ1n) is 6.21. The molecule has 2 aromatic rings. The van der Waals surface area contributed by atoms with Crippen LogP contribution in [0.15, 0.2) is 60.7 Å². The normalized spacial score (nSPS) is 23.8. The highest BCUT2D eigenvalue weighted by Crippen LogP contribution is 2.38. The molecule has 0 saturated carbocycles. The van der Waals surface area contributed by atoms with Crippen LogP contribution in [0.5, 0.6) is 0 Å². The Kier molecular flexibility index (Phi) is 2.93. The van der Waals surface area contributed by atoms with E-state index in [4.69, 9.17) is 5.32 Å². The minimum Gasteiger partial charge on any atom is -0.233 e. The summed E-state index contributed by atoms with van der Waals surface area (Å²) in [5.41, 5.74) is 2.77. The van der Waals surface area contributed by atoms with Gasteiger partial charge in [-0.05, 0) is 17.5 Å². The maximum absolute atomic E-state index is 4.76. The second kappa shape index (κ2) is 4.72. The fourth-order valence-corrected chi connectivity index (χ4v) is 2.67. The van der Waals surface area contributed by atoms with Crippen molar-refractivity contribution in [2.24, 2.45) is 0 Å². The van der Waals surface area contributed by atoms with Crippen LogP contribution in [0.2, 0.25) is 0 Å². The Morgan fingerprint density at radius 1 is 0.765 bits per heavy atom. The molecule has 0 aliphatic carbocycles. The first-order chi connectivity index (χ1) is 8.45. The van der Waals surface area contributed by atoms with E-state index in [2.05, 4.69) is 60.7 Å². The molecular formula is C16H16N. The van der Waals surface area contributed by atoms with Crippen molar-refractivity contribution >= 4 is 0 Å². The Balaban J connectivity index is 1.91. The van der Waals surface area contributed by atoms with Gasteiger partial charge in [0.2, 0.25) is 0 Å². The standard InChI is InChI=1S/C16H16N/c1-3-7-13(8-4-1)15-11-12-17-16(15)14-9-5-2-6-10-14/h1-10,15-16H,11-12H2. The van der Waals surface area contributed by atoms with Gasteiger partial charge in [0, 0.05) is 12.5 Å². The molecule has 1 fully saturated rings. The summed E-state index contributed by atoms with van der Waals surface area (Å²) in [6.07, 6.45) is 1.17. The van der Waals surface area contributed by atoms with Gasteiger partial charge in [-0.2, -0.15) is 0 Å². The number of hydrogen-bond acceptors (Lipinski definition) is 0. The Morgan fingerprint density at radius 2 is 1.35 bits per heavy atom. The highest BCUT2D eigenvalue weighted by molar-refractivity contribution is 5.29. The van der Waals surface area contributed by atoms with Crippen LogP contribution in [-0.2, 0) is 0 Å². The first-order valence-corrected chi connectivity index (χ1v) is 6.21. The van der Waals surface area contributed by atoms with Gasteiger partial charge >= 0.3 is 0 Å². The number of benzene rings is 2. The zero-order valence-corrected chi connectivity index (χ0v) is 9.79. The smallest absolute Gasteiger partial charge is 0.0564 e. The van der Waals surface area contributed by atoms with E-state index in [9.17, 15) is 0 Å². The Labute approximate surface area is 102 Å². The second-order valence-corrected chi connectivity index (χ2v) is 4.57. The van der Waals surface area contributed by atoms with Crippen molar-refractivity contribution in [2.75, 3.05) is 6.54 Å². The maximum Gasteiger partial charge on any atom is 0.0564 e. The van der Waals surface area contributed by atoms with Gasteiger partial charge in [-0.1, -0.05) is 60.7 Å². The van der Waals surface area contributed by atoms with Crippen LogP contribution in [0, 0.1) is 0 Å². The van der Waals surface area contributed by atoms with Crippen LogP contribution in [-0.4, -0.2) is 6.54 Å². The number of hydrogen-bond donors (Lipinski definition) is 0. The molecule has 1 nitrogen and oxygen atoms in total. The minimum absolute atomic E-state index is 0.346. The van der Waals surface area contributed by atoms with Crippen molar-refractivity contribution in [3.63, 3.8) is 0 Å². The molecule has 1 heterocycles. The molecule has 0 N–H and O–H groups in total. The summed E-state index contributed by atoms with van der Waals surface area (Å²) in [6.45, 7) is 0.985. The second-order valence-electron chi connectivity index (χ2n) is 4.57. The van der Waals surface area contributed by atoms with E-state index in [1.54, 1.807) is 0 Å². The van der Waals surface area contributed by atoms with Gasteiger partial charge in [0.15, 0.2) is 0 Å². The maximum atomic E-state index is 4.76. The predicted octanol–water partition coefficient (Wildman–Crippen LogP) is 3.52. The van der Waals surface area contributed by atoms with E-state index >= 15 is 0 Å². The van der Waals surface area contributed by atoms with E-state index in [1.807, 2.05) is 0 Å². The highest BCUT2D eigenvalue weighted by atomic mass is 15.0. The average molecular weight is 222 g/mol. The van der Waals surface area contributed by atoms with Gasteiger partial charge in [-0.15, -0.1) is 0 Å². The minimum atomic E-state index is 0.346. The summed E-state index contributed by atoms with van der Waals surface area (Å²) in [4.78, 5) is 0. The lowest BCUT2D eigenvalue weighted by molar-refractivity contribution is 0.570. The lowest BCUT2D eigenvalue weighted by Gasteiger charge is -2.19. The summed E-state index contributed by atoms with van der Waals surface area (Å²) in [6, 6.07) is 21.8. The van der Waals surface area contributed by atoms with Gasteiger partial charge in [-0.25, -0.2) is 5.32 Å². The fourth-order valence-electron chi connectivity index (χ4n) is 2.67. The molecule has 2 atom stereocenters. The molecule has 2 aromatic carbocycles. The number of rotatable bonds is 2. The quantitative estimate of drug-likeness (QED) is 0.738. The van der Waals surface area contributed by atoms with Gasteiger partial charge in [0.05, 0.1) is 6.04 Å². The van der Waals surface area contributed by atoms with Gasteiger partial charge in [0.25, 0.3) is 0 Å². The molecule has 1 heteroatoms. The largest absolute Gasteiger partial charge is 0.233 e. The SMILES string of the molecule is c1ccc(C2CC[N]C2c2ccccc2)cc1. The molecule has 0 spiro atoms. The highest BCUT2D eigenvalue weighted by Gasteiger charge is 2.30. The van der Waals surface area contributed by atoms with Crippen molar-refractivity contribution in [3.8, 4) is 0 Å². The molecule has 1 aliphatic rings. The van der Waals surface area contributed by atoms with E-state index in [0.29, 0.717) is 12.0 Å². The van der Waals surface area contributed by atoms with Crippen LogP contribution in [0.1, 0.15) is 29.5 Å². The molecule has 17 heavy (non-hydrogen) atoms. The molecule has 0 bridgehead atoms. The van der Waals surface area contributed by atoms with Crippen LogP contribution in [0.25, 0.3) is 0 Å². The molecule has 2 unspecified atom stereocenters. The van der Waals surface area contributed by atoms with Crippen molar-refractivity contribution in [3.05, 3.63) is 71.8 Å². The molecule has 3 rings (SSSR count). The van der Waals surface area contributed by atoms with Gasteiger partial charge < -0.3 is 0 Å². The third kappa shape index (κ3) is 2.11. The van der Waals surface area contributed by atoms with Crippen LogP contribution >= 0.6 is 0 Å². The predicted molar refractivity (Wildman–Crippen MR) is 70.0 cm³/mol. The summed E-state index contributed by atoms with van der Waals surface area (Å²) in [5, 5.41) is 4.76. The molecule has 1 aliphatic heterocycles. The topological polar surface area (TPSA) is 14.1 Å². The summed E-state index contributed by atoms with van der Waals surface area (Å²) < 4.78 is 0. The summed E-state index contributed by atoms with van der Waals surface area (Å²) in [5.74, 6) is 0.554. The Morgan fingerprint density at radius 3 is 2.00 bits per heavy atom. The van der Waals surface area contributed by atoms with E-state index in [-0.39, 0.29) is 0 Å². The van der Waals surface area contributed by atoms with Crippen LogP contribution < -0.4 is 5.32 Å². The zero-order chi connectivity index (χ0) is 11.5. The lowest BCUT2D eigenvalue weighted by Crippen LogP contribution is -2.11. The summed E-state index contributed by atoms with van der Waals surface area (Å²) >= 11 is 0. The van der Waals surface area contributed by atoms with E-state index in [0.717, 1.165) is 6.54 Å². The Hall–Kier alpha value is -1.60. The van der Waals surface area contributed by atoms with Gasteiger partial charge in [0.1, 0.15) is 0 Å². The van der Waals surface area contributed by atoms with Crippen molar-refractivity contribution in [1.82, 2.24) is 5.32 Å². The fraction of sp³-hybridized carbons (Fsp3) is 0.250. The van der Waals surface area contributed by atoms with Crippen molar-refractivity contribution in [2.45, 2.75) is 18.4 Å². The molecule has 1 saturated heterocycles. The molecule has 0 aromatic heterocycles. The molecular weight excluding hydrogens is 206 g/mol. The molecule has 85 valence electrons. The van der Waals surface area contributed by atoms with Crippen LogP contribution in [0.4, 0.5) is 0 Å². The third-order valence-electron chi connectivity index (χ3n) is 3.52. The molecule has 1 radical (unpaired) electrons. The van der Waals surface area contributed by atoms with E-state index in [1.165, 1.54) is 17.5 Å². The molecule has 0 amide bonds. The van der Waals surface area contributed by atoms with Crippen molar-refractivity contribution < 1.29 is 0 Å². The van der Waals surface area contributed by atoms with E-state index < -0.39 is 0 Å². The third-order valence-corrected chi connectivity index (χ3v) is 3.52. The van der Waals surface area contributed by atoms with Crippen LogP contribution in [0.3, 0.4) is 0 Å². The lowest BCUT2D eigenvalue weighted by atomic mass is 9.88.